The van der Waals surface area contributed by atoms with E-state index in [4.69, 9.17) is 14.2 Å². The third-order valence-electron chi connectivity index (χ3n) is 4.98. The molecule has 1 fully saturated rings. The normalized spacial score (nSPS) is 16.9. The molecule has 1 atom stereocenters. The molecule has 0 spiro atoms. The fourth-order valence-electron chi connectivity index (χ4n) is 3.50. The molecule has 3 aromatic rings. The maximum atomic E-state index is 5.87. The minimum absolute atomic E-state index is 0.00765. The molecule has 1 unspecified atom stereocenters. The second-order valence-electron chi connectivity index (χ2n) is 6.73. The van der Waals surface area contributed by atoms with Gasteiger partial charge >= 0.3 is 0 Å². The van der Waals surface area contributed by atoms with Gasteiger partial charge in [0.15, 0.2) is 28.5 Å². The first-order chi connectivity index (χ1) is 13.8. The molecule has 0 radical (unpaired) electrons. The minimum Gasteiger partial charge on any atom is -0.493 e. The van der Waals surface area contributed by atoms with Crippen LogP contribution in [-0.4, -0.2) is 46.9 Å². The van der Waals surface area contributed by atoms with E-state index in [0.717, 1.165) is 66.3 Å². The fourth-order valence-corrected chi connectivity index (χ4v) is 3.50. The van der Waals surface area contributed by atoms with Crippen LogP contribution in [0.15, 0.2) is 30.9 Å². The summed E-state index contributed by atoms with van der Waals surface area (Å²) in [4.78, 5) is 13.3. The summed E-state index contributed by atoms with van der Waals surface area (Å²) in [5.74, 6) is 2.20. The van der Waals surface area contributed by atoms with Crippen LogP contribution in [0.1, 0.15) is 31.1 Å². The number of fused-ring (bicyclic) bond motifs is 1. The molecule has 148 valence electrons. The number of ether oxygens (including phenoxy) is 3. The highest BCUT2D eigenvalue weighted by molar-refractivity contribution is 5.82. The topological polar surface area (TPSA) is 83.3 Å². The van der Waals surface area contributed by atoms with Crippen molar-refractivity contribution in [3.63, 3.8) is 0 Å². The number of hydrogen-bond acceptors (Lipinski definition) is 7. The molecule has 0 amide bonds. The summed E-state index contributed by atoms with van der Waals surface area (Å²) in [5.41, 5.74) is 2.72. The van der Waals surface area contributed by atoms with Crippen LogP contribution in [0, 0.1) is 0 Å². The number of nitrogens with zero attached hydrogens (tertiary/aromatic N) is 4. The summed E-state index contributed by atoms with van der Waals surface area (Å²) in [6, 6.07) is 5.95. The summed E-state index contributed by atoms with van der Waals surface area (Å²) in [5, 5.41) is 3.38. The predicted molar refractivity (Wildman–Crippen MR) is 106 cm³/mol. The van der Waals surface area contributed by atoms with Crippen molar-refractivity contribution < 1.29 is 14.2 Å². The Kier molecular flexibility index (Phi) is 5.57. The van der Waals surface area contributed by atoms with Gasteiger partial charge in [0.25, 0.3) is 0 Å². The molecule has 8 heteroatoms. The van der Waals surface area contributed by atoms with E-state index in [-0.39, 0.29) is 6.23 Å². The molecule has 0 aliphatic carbocycles. The van der Waals surface area contributed by atoms with Gasteiger partial charge in [-0.15, -0.1) is 0 Å². The molecule has 0 saturated carbocycles. The zero-order chi connectivity index (χ0) is 19.3. The lowest BCUT2D eigenvalue weighted by atomic mass is 10.1. The second kappa shape index (κ2) is 8.43. The lowest BCUT2D eigenvalue weighted by Crippen LogP contribution is -2.17. The van der Waals surface area contributed by atoms with E-state index in [0.29, 0.717) is 6.54 Å². The van der Waals surface area contributed by atoms with Crippen molar-refractivity contribution in [1.29, 1.82) is 0 Å². The Labute approximate surface area is 163 Å². The van der Waals surface area contributed by atoms with Gasteiger partial charge in [-0.1, -0.05) is 6.07 Å². The molecule has 1 aliphatic heterocycles. The largest absolute Gasteiger partial charge is 0.493 e. The number of benzene rings is 1. The highest BCUT2D eigenvalue weighted by Crippen LogP contribution is 2.29. The monoisotopic (exact) mass is 383 g/mol. The summed E-state index contributed by atoms with van der Waals surface area (Å²) >= 11 is 0. The molecule has 3 heterocycles. The summed E-state index contributed by atoms with van der Waals surface area (Å²) in [6.45, 7) is 1.50. The third-order valence-corrected chi connectivity index (χ3v) is 4.98. The van der Waals surface area contributed by atoms with Gasteiger partial charge in [0, 0.05) is 13.2 Å². The van der Waals surface area contributed by atoms with Gasteiger partial charge in [-0.3, -0.25) is 4.57 Å². The van der Waals surface area contributed by atoms with Gasteiger partial charge < -0.3 is 19.5 Å². The van der Waals surface area contributed by atoms with E-state index in [1.54, 1.807) is 26.9 Å². The molecular formula is C20H25N5O3. The predicted octanol–water partition coefficient (Wildman–Crippen LogP) is 3.20. The smallest absolute Gasteiger partial charge is 0.167 e. The number of aromatic nitrogens is 4. The van der Waals surface area contributed by atoms with E-state index in [1.807, 2.05) is 22.8 Å². The lowest BCUT2D eigenvalue weighted by molar-refractivity contribution is -0.0298. The Hall–Kier alpha value is -2.87. The molecule has 1 aliphatic rings. The van der Waals surface area contributed by atoms with Gasteiger partial charge in [0.05, 0.1) is 20.5 Å². The number of rotatable bonds is 7. The number of hydrogen-bond donors (Lipinski definition) is 1. The van der Waals surface area contributed by atoms with Crippen LogP contribution in [-0.2, 0) is 11.2 Å². The van der Waals surface area contributed by atoms with Crippen molar-refractivity contribution in [3.05, 3.63) is 36.4 Å². The van der Waals surface area contributed by atoms with Crippen molar-refractivity contribution in [1.82, 2.24) is 19.5 Å². The molecule has 0 bridgehead atoms. The van der Waals surface area contributed by atoms with Gasteiger partial charge in [0.1, 0.15) is 12.6 Å². The van der Waals surface area contributed by atoms with Crippen molar-refractivity contribution in [2.45, 2.75) is 31.9 Å². The van der Waals surface area contributed by atoms with Gasteiger partial charge in [-0.2, -0.15) is 0 Å². The quantitative estimate of drug-likeness (QED) is 0.671. The highest BCUT2D eigenvalue weighted by atomic mass is 16.5. The summed E-state index contributed by atoms with van der Waals surface area (Å²) in [6.07, 6.45) is 7.45. The van der Waals surface area contributed by atoms with E-state index in [1.165, 1.54) is 0 Å². The van der Waals surface area contributed by atoms with E-state index in [2.05, 4.69) is 20.3 Å². The van der Waals surface area contributed by atoms with E-state index >= 15 is 0 Å². The van der Waals surface area contributed by atoms with E-state index < -0.39 is 0 Å². The van der Waals surface area contributed by atoms with Gasteiger partial charge in [0.2, 0.25) is 0 Å². The molecule has 1 saturated heterocycles. The molecule has 2 aromatic heterocycles. The second-order valence-corrected chi connectivity index (χ2v) is 6.73. The number of nitrogens with one attached hydrogen (secondary N) is 1. The highest BCUT2D eigenvalue weighted by Gasteiger charge is 2.20. The average Bonchev–Trinajstić information content (AvgIpc) is 3.19. The number of methoxy groups -OCH3 is 2. The molecule has 1 N–H and O–H groups in total. The Balaban J connectivity index is 1.46. The molecule has 8 nitrogen and oxygen atoms in total. The first kappa shape index (κ1) is 18.5. The first-order valence-corrected chi connectivity index (χ1v) is 9.54. The van der Waals surface area contributed by atoms with Crippen molar-refractivity contribution in [2.24, 2.45) is 0 Å². The summed E-state index contributed by atoms with van der Waals surface area (Å²) in [7, 11) is 3.28. The first-order valence-electron chi connectivity index (χ1n) is 9.54. The van der Waals surface area contributed by atoms with Crippen LogP contribution in [0.5, 0.6) is 11.5 Å². The van der Waals surface area contributed by atoms with Crippen LogP contribution >= 0.6 is 0 Å². The van der Waals surface area contributed by atoms with Crippen molar-refractivity contribution >= 4 is 17.0 Å². The molecule has 1 aromatic carbocycles. The van der Waals surface area contributed by atoms with Crippen molar-refractivity contribution in [2.75, 3.05) is 32.7 Å². The van der Waals surface area contributed by atoms with E-state index in [9.17, 15) is 0 Å². The number of imidazole rings is 1. The Morgan fingerprint density at radius 3 is 2.82 bits per heavy atom. The third kappa shape index (κ3) is 3.73. The SMILES string of the molecule is COc1ccc(CCNc2ncnc3c2ncn3C2CCCCO2)cc1OC. The number of anilines is 1. The zero-order valence-corrected chi connectivity index (χ0v) is 16.2. The molecular weight excluding hydrogens is 358 g/mol. The van der Waals surface area contributed by atoms with Crippen LogP contribution in [0.3, 0.4) is 0 Å². The Morgan fingerprint density at radius 1 is 1.14 bits per heavy atom. The average molecular weight is 383 g/mol. The maximum absolute atomic E-state index is 5.87. The molecule has 4 rings (SSSR count). The van der Waals surface area contributed by atoms with Crippen LogP contribution in [0.25, 0.3) is 11.2 Å². The Morgan fingerprint density at radius 2 is 2.04 bits per heavy atom. The fraction of sp³-hybridized carbons (Fsp3) is 0.450. The Bertz CT molecular complexity index is 937. The van der Waals surface area contributed by atoms with Crippen LogP contribution in [0.2, 0.25) is 0 Å². The van der Waals surface area contributed by atoms with Crippen molar-refractivity contribution in [3.8, 4) is 11.5 Å². The maximum Gasteiger partial charge on any atom is 0.167 e. The summed E-state index contributed by atoms with van der Waals surface area (Å²) < 4.78 is 18.5. The van der Waals surface area contributed by atoms with Gasteiger partial charge in [-0.25, -0.2) is 15.0 Å². The van der Waals surface area contributed by atoms with Gasteiger partial charge in [-0.05, 0) is 43.4 Å². The van der Waals surface area contributed by atoms with Crippen LogP contribution in [0.4, 0.5) is 5.82 Å². The zero-order valence-electron chi connectivity index (χ0n) is 16.2. The minimum atomic E-state index is 0.00765. The molecule has 28 heavy (non-hydrogen) atoms. The lowest BCUT2D eigenvalue weighted by Gasteiger charge is -2.23. The standard InChI is InChI=1S/C20H25N5O3/c1-26-15-7-6-14(11-16(15)27-2)8-9-21-19-18-20(23-12-22-19)25(13-24-18)17-5-3-4-10-28-17/h6-7,11-13,17H,3-5,8-10H2,1-2H3,(H,21,22,23). The van der Waals surface area contributed by atoms with Crippen LogP contribution < -0.4 is 14.8 Å².